The molecule has 3 aliphatic carbocycles. The van der Waals surface area contributed by atoms with Gasteiger partial charge in [-0.25, -0.2) is 0 Å². The molecule has 2 bridgehead atoms. The molecule has 0 spiro atoms. The van der Waals surface area contributed by atoms with Crippen LogP contribution in [-0.4, -0.2) is 14.2 Å². The lowest BCUT2D eigenvalue weighted by Gasteiger charge is -2.35. The zero-order chi connectivity index (χ0) is 11.1. The number of hydrogen-bond acceptors (Lipinski definition) is 2. The Labute approximate surface area is 95.9 Å². The van der Waals surface area contributed by atoms with Crippen molar-refractivity contribution in [1.29, 1.82) is 0 Å². The largest absolute Gasteiger partial charge is 0.496 e. The Bertz CT molecular complexity index is 407. The maximum Gasteiger partial charge on any atom is 0.123 e. The molecule has 0 unspecified atom stereocenters. The van der Waals surface area contributed by atoms with Gasteiger partial charge in [0, 0.05) is 23.0 Å². The molecule has 0 aliphatic heterocycles. The summed E-state index contributed by atoms with van der Waals surface area (Å²) in [5.41, 5.74) is 2.70. The molecule has 3 aliphatic rings. The first-order valence-corrected chi connectivity index (χ1v) is 5.78. The van der Waals surface area contributed by atoms with E-state index in [1.165, 1.54) is 24.0 Å². The Hall–Kier alpha value is -1.44. The van der Waals surface area contributed by atoms with Crippen LogP contribution >= 0.6 is 0 Å². The van der Waals surface area contributed by atoms with E-state index in [4.69, 9.17) is 9.47 Å². The predicted molar refractivity (Wildman–Crippen MR) is 63.4 cm³/mol. The van der Waals surface area contributed by atoms with Crippen molar-refractivity contribution >= 4 is 0 Å². The number of allylic oxidation sites excluding steroid dienone is 2. The SMILES string of the molecule is COc1ccc(OC)c2c1[C@H]1C=C[C@H]2CC1. The van der Waals surface area contributed by atoms with Crippen LogP contribution in [0.25, 0.3) is 0 Å². The molecular formula is C14H16O2. The van der Waals surface area contributed by atoms with Gasteiger partial charge in [-0.05, 0) is 25.0 Å². The maximum absolute atomic E-state index is 5.48. The molecule has 0 amide bonds. The van der Waals surface area contributed by atoms with Gasteiger partial charge in [0.25, 0.3) is 0 Å². The Balaban J connectivity index is 2.24. The normalized spacial score (nSPS) is 25.4. The Morgan fingerprint density at radius 1 is 0.875 bits per heavy atom. The maximum atomic E-state index is 5.48. The Morgan fingerprint density at radius 2 is 1.31 bits per heavy atom. The van der Waals surface area contributed by atoms with E-state index in [2.05, 4.69) is 12.2 Å². The van der Waals surface area contributed by atoms with Crippen LogP contribution in [0.5, 0.6) is 11.5 Å². The van der Waals surface area contributed by atoms with E-state index < -0.39 is 0 Å². The second kappa shape index (κ2) is 3.55. The minimum atomic E-state index is 0.519. The Kier molecular flexibility index (Phi) is 2.16. The van der Waals surface area contributed by atoms with Crippen LogP contribution in [0.4, 0.5) is 0 Å². The standard InChI is InChI=1S/C14H16O2/c1-15-11-7-8-12(16-2)14-10-5-3-9(4-6-10)13(11)14/h3,5,7-10H,4,6H2,1-2H3/t9-,10-/m0/s1. The zero-order valence-electron chi connectivity index (χ0n) is 9.69. The van der Waals surface area contributed by atoms with Gasteiger partial charge in [0.2, 0.25) is 0 Å². The van der Waals surface area contributed by atoms with Crippen LogP contribution in [0.15, 0.2) is 24.3 Å². The summed E-state index contributed by atoms with van der Waals surface area (Å²) in [4.78, 5) is 0. The highest BCUT2D eigenvalue weighted by Crippen LogP contribution is 2.51. The highest BCUT2D eigenvalue weighted by atomic mass is 16.5. The smallest absolute Gasteiger partial charge is 0.123 e. The number of methoxy groups -OCH3 is 2. The molecule has 1 aromatic rings. The van der Waals surface area contributed by atoms with E-state index in [9.17, 15) is 0 Å². The van der Waals surface area contributed by atoms with Crippen LogP contribution in [0.2, 0.25) is 0 Å². The molecule has 4 rings (SSSR count). The Morgan fingerprint density at radius 3 is 1.62 bits per heavy atom. The van der Waals surface area contributed by atoms with Crippen molar-refractivity contribution < 1.29 is 9.47 Å². The van der Waals surface area contributed by atoms with Crippen LogP contribution in [-0.2, 0) is 0 Å². The highest BCUT2D eigenvalue weighted by Gasteiger charge is 2.33. The molecule has 84 valence electrons. The zero-order valence-corrected chi connectivity index (χ0v) is 9.69. The number of fused-ring (bicyclic) bond motifs is 1. The van der Waals surface area contributed by atoms with Crippen molar-refractivity contribution in [3.8, 4) is 11.5 Å². The number of hydrogen-bond donors (Lipinski definition) is 0. The summed E-state index contributed by atoms with van der Waals surface area (Å²) in [6.07, 6.45) is 7.10. The van der Waals surface area contributed by atoms with E-state index in [1.54, 1.807) is 14.2 Å². The monoisotopic (exact) mass is 216 g/mol. The van der Waals surface area contributed by atoms with Crippen LogP contribution in [0.1, 0.15) is 35.8 Å². The first kappa shape index (κ1) is 9.76. The van der Waals surface area contributed by atoms with Gasteiger partial charge >= 0.3 is 0 Å². The average molecular weight is 216 g/mol. The van der Waals surface area contributed by atoms with Gasteiger partial charge in [0.05, 0.1) is 14.2 Å². The van der Waals surface area contributed by atoms with Crippen molar-refractivity contribution in [2.45, 2.75) is 24.7 Å². The fourth-order valence-electron chi connectivity index (χ4n) is 3.02. The minimum Gasteiger partial charge on any atom is -0.496 e. The molecular weight excluding hydrogens is 200 g/mol. The van der Waals surface area contributed by atoms with Crippen molar-refractivity contribution in [3.05, 3.63) is 35.4 Å². The molecule has 0 heterocycles. The van der Waals surface area contributed by atoms with E-state index in [-0.39, 0.29) is 0 Å². The molecule has 0 saturated heterocycles. The van der Waals surface area contributed by atoms with Gasteiger partial charge in [-0.1, -0.05) is 12.2 Å². The summed E-state index contributed by atoms with van der Waals surface area (Å²) >= 11 is 0. The lowest BCUT2D eigenvalue weighted by molar-refractivity contribution is 0.379. The van der Waals surface area contributed by atoms with Crippen molar-refractivity contribution in [2.24, 2.45) is 0 Å². The molecule has 1 aromatic carbocycles. The van der Waals surface area contributed by atoms with Crippen LogP contribution < -0.4 is 9.47 Å². The number of ether oxygens (including phenoxy) is 2. The van der Waals surface area contributed by atoms with Gasteiger partial charge < -0.3 is 9.47 Å². The van der Waals surface area contributed by atoms with Crippen molar-refractivity contribution in [3.63, 3.8) is 0 Å². The third-order valence-corrected chi connectivity index (χ3v) is 3.75. The molecule has 0 N–H and O–H groups in total. The van der Waals surface area contributed by atoms with E-state index >= 15 is 0 Å². The van der Waals surface area contributed by atoms with Gasteiger partial charge in [-0.2, -0.15) is 0 Å². The van der Waals surface area contributed by atoms with E-state index in [1.807, 2.05) is 12.1 Å². The predicted octanol–water partition coefficient (Wildman–Crippen LogP) is 3.23. The highest BCUT2D eigenvalue weighted by molar-refractivity contribution is 5.58. The van der Waals surface area contributed by atoms with E-state index in [0.717, 1.165) is 11.5 Å². The molecule has 2 atom stereocenters. The lowest BCUT2D eigenvalue weighted by Crippen LogP contribution is -2.18. The summed E-state index contributed by atoms with van der Waals surface area (Å²) in [7, 11) is 3.49. The van der Waals surface area contributed by atoms with E-state index in [0.29, 0.717) is 11.8 Å². The lowest BCUT2D eigenvalue weighted by atomic mass is 9.71. The first-order valence-electron chi connectivity index (χ1n) is 5.78. The average Bonchev–Trinajstić information content (AvgIpc) is 2.38. The van der Waals surface area contributed by atoms with Crippen LogP contribution in [0, 0.1) is 0 Å². The minimum absolute atomic E-state index is 0.519. The summed E-state index contributed by atoms with van der Waals surface area (Å²) in [5.74, 6) is 3.06. The van der Waals surface area contributed by atoms with Crippen LogP contribution in [0.3, 0.4) is 0 Å². The second-order valence-electron chi connectivity index (χ2n) is 4.47. The molecule has 2 heteroatoms. The molecule has 0 radical (unpaired) electrons. The fraction of sp³-hybridized carbons (Fsp3) is 0.429. The molecule has 2 nitrogen and oxygen atoms in total. The third kappa shape index (κ3) is 1.19. The topological polar surface area (TPSA) is 18.5 Å². The summed E-state index contributed by atoms with van der Waals surface area (Å²) in [6.45, 7) is 0. The number of rotatable bonds is 2. The van der Waals surface area contributed by atoms with Gasteiger partial charge in [0.1, 0.15) is 11.5 Å². The summed E-state index contributed by atoms with van der Waals surface area (Å²) in [5, 5.41) is 0. The number of benzene rings is 1. The molecule has 0 aromatic heterocycles. The summed E-state index contributed by atoms with van der Waals surface area (Å²) in [6, 6.07) is 4.04. The van der Waals surface area contributed by atoms with Gasteiger partial charge in [-0.15, -0.1) is 0 Å². The second-order valence-corrected chi connectivity index (χ2v) is 4.47. The van der Waals surface area contributed by atoms with Gasteiger partial charge in [0.15, 0.2) is 0 Å². The molecule has 0 fully saturated rings. The van der Waals surface area contributed by atoms with Gasteiger partial charge in [-0.3, -0.25) is 0 Å². The van der Waals surface area contributed by atoms with Crippen molar-refractivity contribution in [1.82, 2.24) is 0 Å². The quantitative estimate of drug-likeness (QED) is 0.706. The third-order valence-electron chi connectivity index (χ3n) is 3.75. The summed E-state index contributed by atoms with van der Waals surface area (Å²) < 4.78 is 11.0. The molecule has 16 heavy (non-hydrogen) atoms. The molecule has 0 saturated carbocycles. The fourth-order valence-corrected chi connectivity index (χ4v) is 3.02. The first-order chi connectivity index (χ1) is 7.85. The van der Waals surface area contributed by atoms with Crippen molar-refractivity contribution in [2.75, 3.05) is 14.2 Å².